The number of rotatable bonds is 5. The topological polar surface area (TPSA) is 122 Å². The minimum absolute atomic E-state index is 0.134. The van der Waals surface area contributed by atoms with Gasteiger partial charge >= 0.3 is 0 Å². The number of carbonyl (C=O) groups excluding carboxylic acids is 2. The quantitative estimate of drug-likeness (QED) is 0.208. The molecule has 0 aliphatic rings. The highest BCUT2D eigenvalue weighted by Crippen LogP contribution is 2.16. The first kappa shape index (κ1) is 13.7. The van der Waals surface area contributed by atoms with Gasteiger partial charge in [-0.2, -0.15) is 0 Å². The molecule has 0 heterocycles. The minimum atomic E-state index is -0.573. The van der Waals surface area contributed by atoms with Crippen molar-refractivity contribution in [1.29, 1.82) is 0 Å². The molecule has 0 bridgehead atoms. The number of nitrogens with one attached hydrogen (secondary N) is 3. The van der Waals surface area contributed by atoms with Crippen LogP contribution in [-0.4, -0.2) is 18.4 Å². The highest BCUT2D eigenvalue weighted by Gasteiger charge is 2.16. The summed E-state index contributed by atoms with van der Waals surface area (Å²) in [6.07, 6.45) is 1.67. The van der Waals surface area contributed by atoms with Crippen molar-refractivity contribution in [2.75, 3.05) is 11.9 Å². The van der Waals surface area contributed by atoms with Crippen LogP contribution in [-0.2, 0) is 0 Å². The third-order valence-corrected chi connectivity index (χ3v) is 2.22. The summed E-state index contributed by atoms with van der Waals surface area (Å²) in [5, 5.41) is 3.00. The highest BCUT2D eigenvalue weighted by molar-refractivity contribution is 6.07. The third kappa shape index (κ3) is 3.06. The van der Waals surface area contributed by atoms with Crippen LogP contribution in [0.25, 0.3) is 0 Å². The maximum atomic E-state index is 11.6. The molecule has 7 nitrogen and oxygen atoms in total. The number of hydrogen-bond donors (Lipinski definition) is 5. The van der Waals surface area contributed by atoms with Crippen LogP contribution in [0.2, 0.25) is 0 Å². The Hall–Kier alpha value is -2.38. The van der Waals surface area contributed by atoms with Crippen molar-refractivity contribution in [3.63, 3.8) is 0 Å². The fourth-order valence-corrected chi connectivity index (χ4v) is 1.39. The zero-order chi connectivity index (χ0) is 13.5. The standard InChI is InChI=1S/C11H15N5O2/c1-2-5-14-7-3-4-8(10(17)15-12)9(6-7)11(18)16-13/h2-4,6,14H,1,5,12-13H2,(H,15,17)(H,16,18). The Balaban J connectivity index is 3.15. The predicted molar refractivity (Wildman–Crippen MR) is 68.4 cm³/mol. The van der Waals surface area contributed by atoms with E-state index in [1.807, 2.05) is 10.9 Å². The van der Waals surface area contributed by atoms with E-state index in [2.05, 4.69) is 11.9 Å². The van der Waals surface area contributed by atoms with Crippen LogP contribution < -0.4 is 27.9 Å². The van der Waals surface area contributed by atoms with Crippen LogP contribution in [0.5, 0.6) is 0 Å². The largest absolute Gasteiger partial charge is 0.382 e. The Morgan fingerprint density at radius 1 is 1.17 bits per heavy atom. The molecule has 0 radical (unpaired) electrons. The van der Waals surface area contributed by atoms with Crippen molar-refractivity contribution < 1.29 is 9.59 Å². The highest BCUT2D eigenvalue weighted by atomic mass is 16.2. The summed E-state index contributed by atoms with van der Waals surface area (Å²) in [4.78, 5) is 23.1. The molecule has 0 spiro atoms. The van der Waals surface area contributed by atoms with E-state index >= 15 is 0 Å². The molecule has 18 heavy (non-hydrogen) atoms. The second-order valence-electron chi connectivity index (χ2n) is 3.38. The van der Waals surface area contributed by atoms with Gasteiger partial charge in [-0.1, -0.05) is 6.08 Å². The molecule has 1 aromatic rings. The van der Waals surface area contributed by atoms with Crippen molar-refractivity contribution in [2.45, 2.75) is 0 Å². The van der Waals surface area contributed by atoms with E-state index in [1.165, 1.54) is 12.1 Å². The van der Waals surface area contributed by atoms with Gasteiger partial charge in [0.2, 0.25) is 0 Å². The van der Waals surface area contributed by atoms with Gasteiger partial charge in [0.25, 0.3) is 11.8 Å². The number of amides is 2. The van der Waals surface area contributed by atoms with Gasteiger partial charge in [0, 0.05) is 12.2 Å². The predicted octanol–water partition coefficient (Wildman–Crippen LogP) is -0.508. The van der Waals surface area contributed by atoms with Gasteiger partial charge in [0.05, 0.1) is 11.1 Å². The second-order valence-corrected chi connectivity index (χ2v) is 3.38. The molecule has 7 N–H and O–H groups in total. The van der Waals surface area contributed by atoms with Gasteiger partial charge in [0.15, 0.2) is 0 Å². The Morgan fingerprint density at radius 3 is 2.33 bits per heavy atom. The van der Waals surface area contributed by atoms with Gasteiger partial charge < -0.3 is 5.32 Å². The summed E-state index contributed by atoms with van der Waals surface area (Å²) in [5.74, 6) is 8.97. The molecular formula is C11H15N5O2. The SMILES string of the molecule is C=CCNc1ccc(C(=O)NN)c(C(=O)NN)c1. The monoisotopic (exact) mass is 249 g/mol. The average Bonchev–Trinajstić information content (AvgIpc) is 2.43. The zero-order valence-electron chi connectivity index (χ0n) is 9.69. The number of anilines is 1. The van der Waals surface area contributed by atoms with E-state index < -0.39 is 11.8 Å². The summed E-state index contributed by atoms with van der Waals surface area (Å²) >= 11 is 0. The van der Waals surface area contributed by atoms with Crippen molar-refractivity contribution in [3.8, 4) is 0 Å². The Morgan fingerprint density at radius 2 is 1.78 bits per heavy atom. The number of hydrogen-bond acceptors (Lipinski definition) is 5. The van der Waals surface area contributed by atoms with Crippen molar-refractivity contribution in [1.82, 2.24) is 10.9 Å². The molecule has 2 amide bonds. The zero-order valence-corrected chi connectivity index (χ0v) is 9.69. The summed E-state index contributed by atoms with van der Waals surface area (Å²) < 4.78 is 0. The van der Waals surface area contributed by atoms with Gasteiger partial charge in [-0.15, -0.1) is 6.58 Å². The van der Waals surface area contributed by atoms with Crippen molar-refractivity contribution >= 4 is 17.5 Å². The average molecular weight is 249 g/mol. The maximum Gasteiger partial charge on any atom is 0.266 e. The molecule has 0 saturated carbocycles. The maximum absolute atomic E-state index is 11.6. The minimum Gasteiger partial charge on any atom is -0.382 e. The molecule has 0 saturated heterocycles. The molecule has 1 aromatic carbocycles. The van der Waals surface area contributed by atoms with E-state index in [0.717, 1.165) is 0 Å². The lowest BCUT2D eigenvalue weighted by atomic mass is 10.1. The lowest BCUT2D eigenvalue weighted by Crippen LogP contribution is -2.35. The number of nitrogens with two attached hydrogens (primary N) is 2. The lowest BCUT2D eigenvalue weighted by Gasteiger charge is -2.10. The number of nitrogen functional groups attached to an aromatic ring is 2. The molecule has 0 unspecified atom stereocenters. The molecule has 96 valence electrons. The molecule has 1 rings (SSSR count). The van der Waals surface area contributed by atoms with Crippen molar-refractivity contribution in [3.05, 3.63) is 42.0 Å². The first-order valence-corrected chi connectivity index (χ1v) is 5.14. The van der Waals surface area contributed by atoms with E-state index in [9.17, 15) is 9.59 Å². The lowest BCUT2D eigenvalue weighted by molar-refractivity contribution is 0.0919. The number of carbonyl (C=O) groups is 2. The van der Waals surface area contributed by atoms with Crippen LogP contribution in [0.3, 0.4) is 0 Å². The number of hydrazine groups is 2. The van der Waals surface area contributed by atoms with Crippen molar-refractivity contribution in [2.24, 2.45) is 11.7 Å². The molecule has 0 aromatic heterocycles. The first-order valence-electron chi connectivity index (χ1n) is 5.14. The molecule has 7 heteroatoms. The summed E-state index contributed by atoms with van der Waals surface area (Å²) in [7, 11) is 0. The van der Waals surface area contributed by atoms with Gasteiger partial charge in [-0.25, -0.2) is 11.7 Å². The number of benzene rings is 1. The Kier molecular flexibility index (Phi) is 4.85. The first-order chi connectivity index (χ1) is 8.63. The smallest absolute Gasteiger partial charge is 0.266 e. The third-order valence-electron chi connectivity index (χ3n) is 2.22. The molecule has 0 aliphatic heterocycles. The van der Waals surface area contributed by atoms with E-state index in [0.29, 0.717) is 12.2 Å². The van der Waals surface area contributed by atoms with Crippen LogP contribution >= 0.6 is 0 Å². The fourth-order valence-electron chi connectivity index (χ4n) is 1.39. The van der Waals surface area contributed by atoms with E-state index in [4.69, 9.17) is 11.7 Å². The van der Waals surface area contributed by atoms with E-state index in [-0.39, 0.29) is 11.1 Å². The normalized spacial score (nSPS) is 9.44. The molecular weight excluding hydrogens is 234 g/mol. The van der Waals surface area contributed by atoms with Crippen LogP contribution in [0.4, 0.5) is 5.69 Å². The fraction of sp³-hybridized carbons (Fsp3) is 0.0909. The van der Waals surface area contributed by atoms with Crippen LogP contribution in [0, 0.1) is 0 Å². The molecule has 0 aliphatic carbocycles. The van der Waals surface area contributed by atoms with Crippen LogP contribution in [0.1, 0.15) is 20.7 Å². The molecule has 0 atom stereocenters. The summed E-state index contributed by atoms with van der Waals surface area (Å²) in [6, 6.07) is 4.65. The Labute approximate surface area is 104 Å². The second kappa shape index (κ2) is 6.38. The Bertz CT molecular complexity index is 473. The molecule has 0 fully saturated rings. The summed E-state index contributed by atoms with van der Waals surface area (Å²) in [6.45, 7) is 4.10. The van der Waals surface area contributed by atoms with E-state index in [1.54, 1.807) is 12.1 Å². The summed E-state index contributed by atoms with van der Waals surface area (Å²) in [5.41, 5.74) is 4.89. The van der Waals surface area contributed by atoms with Gasteiger partial charge in [-0.3, -0.25) is 20.4 Å². The van der Waals surface area contributed by atoms with Gasteiger partial charge in [-0.05, 0) is 18.2 Å². The van der Waals surface area contributed by atoms with Crippen LogP contribution in [0.15, 0.2) is 30.9 Å². The van der Waals surface area contributed by atoms with Gasteiger partial charge in [0.1, 0.15) is 0 Å².